The number of rotatable bonds is 5. The van der Waals surface area contributed by atoms with Crippen LogP contribution < -0.4 is 11.1 Å². The highest BCUT2D eigenvalue weighted by Crippen LogP contribution is 2.24. The molecule has 0 heterocycles. The Morgan fingerprint density at radius 1 is 1.40 bits per heavy atom. The Balaban J connectivity index is 2.90. The number of hydrogen-bond acceptors (Lipinski definition) is 2. The summed E-state index contributed by atoms with van der Waals surface area (Å²) in [4.78, 5) is 0. The quantitative estimate of drug-likeness (QED) is 0.775. The molecular formula is C13H22N2. The number of benzene rings is 1. The third-order valence-electron chi connectivity index (χ3n) is 3.01. The van der Waals surface area contributed by atoms with Gasteiger partial charge < -0.3 is 11.1 Å². The van der Waals surface area contributed by atoms with Crippen LogP contribution in [0.3, 0.4) is 0 Å². The van der Waals surface area contributed by atoms with Gasteiger partial charge in [0.2, 0.25) is 0 Å². The van der Waals surface area contributed by atoms with Gasteiger partial charge in [0.05, 0.1) is 0 Å². The number of aryl methyl sites for hydroxylation is 1. The zero-order valence-corrected chi connectivity index (χ0v) is 9.96. The molecule has 15 heavy (non-hydrogen) atoms. The number of nitrogens with two attached hydrogens (primary N) is 1. The van der Waals surface area contributed by atoms with Gasteiger partial charge in [0.15, 0.2) is 0 Å². The monoisotopic (exact) mass is 206 g/mol. The standard InChI is InChI=1S/C13H22N2/c1-4-11(9-14)13(15-3)12-7-5-6-10(2)8-12/h5-8,11,13,15H,4,9,14H2,1-3H3. The molecule has 2 atom stereocenters. The van der Waals surface area contributed by atoms with E-state index in [1.54, 1.807) is 0 Å². The van der Waals surface area contributed by atoms with E-state index in [1.807, 2.05) is 7.05 Å². The molecule has 0 aliphatic rings. The molecule has 3 N–H and O–H groups in total. The normalized spacial score (nSPS) is 14.9. The van der Waals surface area contributed by atoms with Gasteiger partial charge in [-0.2, -0.15) is 0 Å². The SMILES string of the molecule is CCC(CN)C(NC)c1cccc(C)c1. The van der Waals surface area contributed by atoms with Gasteiger partial charge in [0.25, 0.3) is 0 Å². The lowest BCUT2D eigenvalue weighted by molar-refractivity contribution is 0.378. The van der Waals surface area contributed by atoms with Crippen LogP contribution in [0.15, 0.2) is 24.3 Å². The van der Waals surface area contributed by atoms with E-state index in [9.17, 15) is 0 Å². The van der Waals surface area contributed by atoms with Crippen molar-refractivity contribution in [2.24, 2.45) is 11.7 Å². The fourth-order valence-electron chi connectivity index (χ4n) is 2.08. The molecule has 2 unspecified atom stereocenters. The summed E-state index contributed by atoms with van der Waals surface area (Å²) < 4.78 is 0. The molecule has 0 aliphatic heterocycles. The van der Waals surface area contributed by atoms with Crippen LogP contribution in [0.1, 0.15) is 30.5 Å². The summed E-state index contributed by atoms with van der Waals surface area (Å²) in [5, 5.41) is 3.37. The number of hydrogen-bond donors (Lipinski definition) is 2. The summed E-state index contributed by atoms with van der Waals surface area (Å²) in [6.45, 7) is 5.05. The maximum absolute atomic E-state index is 5.80. The van der Waals surface area contributed by atoms with Gasteiger partial charge in [0, 0.05) is 6.04 Å². The third kappa shape index (κ3) is 3.05. The lowest BCUT2D eigenvalue weighted by Crippen LogP contribution is -2.30. The highest BCUT2D eigenvalue weighted by Gasteiger charge is 2.18. The lowest BCUT2D eigenvalue weighted by Gasteiger charge is -2.25. The lowest BCUT2D eigenvalue weighted by atomic mass is 9.90. The second-order valence-corrected chi connectivity index (χ2v) is 4.08. The van der Waals surface area contributed by atoms with Crippen LogP contribution in [0.25, 0.3) is 0 Å². The van der Waals surface area contributed by atoms with Crippen molar-refractivity contribution in [1.82, 2.24) is 5.32 Å². The largest absolute Gasteiger partial charge is 0.330 e. The van der Waals surface area contributed by atoms with E-state index in [2.05, 4.69) is 43.4 Å². The average Bonchev–Trinajstić information content (AvgIpc) is 2.25. The molecule has 0 radical (unpaired) electrons. The molecule has 2 heteroatoms. The third-order valence-corrected chi connectivity index (χ3v) is 3.01. The highest BCUT2D eigenvalue weighted by atomic mass is 14.9. The van der Waals surface area contributed by atoms with Crippen LogP contribution in [-0.2, 0) is 0 Å². The predicted molar refractivity (Wildman–Crippen MR) is 65.8 cm³/mol. The van der Waals surface area contributed by atoms with Crippen LogP contribution in [0.2, 0.25) is 0 Å². The smallest absolute Gasteiger partial charge is 0.0358 e. The highest BCUT2D eigenvalue weighted by molar-refractivity contribution is 5.25. The van der Waals surface area contributed by atoms with Crippen LogP contribution in [0, 0.1) is 12.8 Å². The van der Waals surface area contributed by atoms with Crippen molar-refractivity contribution >= 4 is 0 Å². The first kappa shape index (κ1) is 12.2. The first-order chi connectivity index (χ1) is 7.22. The Bertz CT molecular complexity index is 292. The molecular weight excluding hydrogens is 184 g/mol. The Morgan fingerprint density at radius 2 is 2.13 bits per heavy atom. The Labute approximate surface area is 92.9 Å². The van der Waals surface area contributed by atoms with E-state index < -0.39 is 0 Å². The van der Waals surface area contributed by atoms with Crippen molar-refractivity contribution < 1.29 is 0 Å². The molecule has 1 rings (SSSR count). The molecule has 0 bridgehead atoms. The first-order valence-corrected chi connectivity index (χ1v) is 5.66. The molecule has 2 nitrogen and oxygen atoms in total. The van der Waals surface area contributed by atoms with Gasteiger partial charge >= 0.3 is 0 Å². The van der Waals surface area contributed by atoms with Crippen LogP contribution in [0.5, 0.6) is 0 Å². The zero-order chi connectivity index (χ0) is 11.3. The van der Waals surface area contributed by atoms with Crippen LogP contribution in [-0.4, -0.2) is 13.6 Å². The van der Waals surface area contributed by atoms with Gasteiger partial charge in [-0.3, -0.25) is 0 Å². The zero-order valence-electron chi connectivity index (χ0n) is 9.96. The van der Waals surface area contributed by atoms with Crippen molar-refractivity contribution in [3.05, 3.63) is 35.4 Å². The summed E-state index contributed by atoms with van der Waals surface area (Å²) >= 11 is 0. The summed E-state index contributed by atoms with van der Waals surface area (Å²) in [5.41, 5.74) is 8.44. The minimum Gasteiger partial charge on any atom is -0.330 e. The van der Waals surface area contributed by atoms with E-state index in [0.29, 0.717) is 12.0 Å². The van der Waals surface area contributed by atoms with Crippen LogP contribution >= 0.6 is 0 Å². The summed E-state index contributed by atoms with van der Waals surface area (Å²) in [6, 6.07) is 9.02. The van der Waals surface area contributed by atoms with Crippen molar-refractivity contribution in [3.63, 3.8) is 0 Å². The van der Waals surface area contributed by atoms with Crippen molar-refractivity contribution in [2.45, 2.75) is 26.3 Å². The second-order valence-electron chi connectivity index (χ2n) is 4.08. The molecule has 1 aromatic rings. The Morgan fingerprint density at radius 3 is 2.60 bits per heavy atom. The fraction of sp³-hybridized carbons (Fsp3) is 0.538. The summed E-state index contributed by atoms with van der Waals surface area (Å²) in [5.74, 6) is 0.511. The van der Waals surface area contributed by atoms with Gasteiger partial charge in [-0.1, -0.05) is 43.2 Å². The van der Waals surface area contributed by atoms with Gasteiger partial charge in [0.1, 0.15) is 0 Å². The molecule has 0 spiro atoms. The molecule has 0 aromatic heterocycles. The molecule has 0 aliphatic carbocycles. The number of nitrogens with one attached hydrogen (secondary N) is 1. The minimum atomic E-state index is 0.375. The van der Waals surface area contributed by atoms with E-state index in [0.717, 1.165) is 13.0 Å². The molecule has 0 fully saturated rings. The Kier molecular flexibility index (Phi) is 4.79. The minimum absolute atomic E-state index is 0.375. The van der Waals surface area contributed by atoms with Gasteiger partial charge in [-0.15, -0.1) is 0 Å². The molecule has 1 aromatic carbocycles. The van der Waals surface area contributed by atoms with Crippen molar-refractivity contribution in [1.29, 1.82) is 0 Å². The average molecular weight is 206 g/mol. The topological polar surface area (TPSA) is 38.0 Å². The maximum atomic E-state index is 5.80. The summed E-state index contributed by atoms with van der Waals surface area (Å²) in [7, 11) is 2.01. The van der Waals surface area contributed by atoms with Gasteiger partial charge in [-0.25, -0.2) is 0 Å². The molecule has 0 saturated carbocycles. The molecule has 0 saturated heterocycles. The predicted octanol–water partition coefficient (Wildman–Crippen LogP) is 2.24. The second kappa shape index (κ2) is 5.89. The fourth-order valence-corrected chi connectivity index (χ4v) is 2.08. The van der Waals surface area contributed by atoms with Gasteiger partial charge in [-0.05, 0) is 32.0 Å². The van der Waals surface area contributed by atoms with Crippen molar-refractivity contribution in [3.8, 4) is 0 Å². The van der Waals surface area contributed by atoms with E-state index in [4.69, 9.17) is 5.73 Å². The molecule has 84 valence electrons. The first-order valence-electron chi connectivity index (χ1n) is 5.66. The van der Waals surface area contributed by atoms with E-state index in [1.165, 1.54) is 11.1 Å². The maximum Gasteiger partial charge on any atom is 0.0358 e. The van der Waals surface area contributed by atoms with Crippen LogP contribution in [0.4, 0.5) is 0 Å². The Hall–Kier alpha value is -0.860. The summed E-state index contributed by atoms with van der Waals surface area (Å²) in [6.07, 6.45) is 1.11. The molecule has 0 amide bonds. The van der Waals surface area contributed by atoms with E-state index >= 15 is 0 Å². The van der Waals surface area contributed by atoms with E-state index in [-0.39, 0.29) is 0 Å². The van der Waals surface area contributed by atoms with Crippen molar-refractivity contribution in [2.75, 3.05) is 13.6 Å².